The molecule has 7 nitrogen and oxygen atoms in total. The fourth-order valence-corrected chi connectivity index (χ4v) is 3.53. The Morgan fingerprint density at radius 2 is 2.11 bits per heavy atom. The Hall–Kier alpha value is -2.23. The summed E-state index contributed by atoms with van der Waals surface area (Å²) in [6, 6.07) is 4.62. The average molecular weight is 436 g/mol. The summed E-state index contributed by atoms with van der Waals surface area (Å²) < 4.78 is 21.7. The van der Waals surface area contributed by atoms with Gasteiger partial charge in [-0.05, 0) is 18.2 Å². The van der Waals surface area contributed by atoms with E-state index < -0.39 is 0 Å². The Morgan fingerprint density at radius 1 is 1.30 bits per heavy atom. The smallest absolute Gasteiger partial charge is 0.272 e. The monoisotopic (exact) mass is 435 g/mol. The Balaban J connectivity index is 1.39. The van der Waals surface area contributed by atoms with E-state index in [2.05, 4.69) is 36.2 Å². The maximum Gasteiger partial charge on any atom is 0.272 e. The van der Waals surface area contributed by atoms with Crippen LogP contribution in [0, 0.1) is 5.82 Å². The molecule has 1 aliphatic rings. The molecule has 0 radical (unpaired) electrons. The van der Waals surface area contributed by atoms with Crippen molar-refractivity contribution in [3.05, 3.63) is 46.6 Å². The van der Waals surface area contributed by atoms with Gasteiger partial charge in [-0.1, -0.05) is 15.9 Å². The number of ether oxygens (including phenoxy) is 1. The fourth-order valence-electron chi connectivity index (χ4n) is 3.10. The van der Waals surface area contributed by atoms with Crippen molar-refractivity contribution < 1.29 is 13.9 Å². The molecule has 3 heterocycles. The lowest BCUT2D eigenvalue weighted by molar-refractivity contribution is 0.0360. The van der Waals surface area contributed by atoms with Crippen LogP contribution in [0.3, 0.4) is 0 Å². The molecule has 4 rings (SSSR count). The van der Waals surface area contributed by atoms with E-state index in [0.717, 1.165) is 39.4 Å². The number of carbonyl (C=O) groups excluding carboxylic acids is 1. The van der Waals surface area contributed by atoms with Crippen molar-refractivity contribution in [1.29, 1.82) is 0 Å². The molecule has 9 heteroatoms. The van der Waals surface area contributed by atoms with Gasteiger partial charge < -0.3 is 15.0 Å². The van der Waals surface area contributed by atoms with Crippen LogP contribution in [0.5, 0.6) is 0 Å². The lowest BCUT2D eigenvalue weighted by Gasteiger charge is -2.26. The van der Waals surface area contributed by atoms with Crippen molar-refractivity contribution in [3.63, 3.8) is 0 Å². The molecule has 1 fully saturated rings. The molecule has 1 aromatic carbocycles. The zero-order chi connectivity index (χ0) is 18.8. The molecule has 2 aromatic heterocycles. The van der Waals surface area contributed by atoms with Crippen molar-refractivity contribution in [2.45, 2.75) is 6.54 Å². The lowest BCUT2D eigenvalue weighted by atomic mass is 10.2. The van der Waals surface area contributed by atoms with Gasteiger partial charge >= 0.3 is 0 Å². The van der Waals surface area contributed by atoms with Gasteiger partial charge in [0.1, 0.15) is 11.5 Å². The first kappa shape index (κ1) is 18.1. The van der Waals surface area contributed by atoms with Gasteiger partial charge in [0.2, 0.25) is 0 Å². The summed E-state index contributed by atoms with van der Waals surface area (Å²) in [5.41, 5.74) is 1.46. The minimum atomic E-state index is -0.384. The number of nitrogens with zero attached hydrogens (tertiary/aromatic N) is 3. The van der Waals surface area contributed by atoms with Gasteiger partial charge in [0.05, 0.1) is 37.2 Å². The quantitative estimate of drug-likeness (QED) is 0.645. The Morgan fingerprint density at radius 3 is 2.93 bits per heavy atom. The number of aromatic nitrogens is 3. The van der Waals surface area contributed by atoms with Crippen LogP contribution in [0.1, 0.15) is 10.5 Å². The second-order valence-corrected chi connectivity index (χ2v) is 7.35. The first-order valence-corrected chi connectivity index (χ1v) is 9.49. The van der Waals surface area contributed by atoms with Crippen LogP contribution < -0.4 is 5.32 Å². The minimum absolute atomic E-state index is 0.295. The molecule has 0 atom stereocenters. The van der Waals surface area contributed by atoms with Crippen LogP contribution >= 0.6 is 15.9 Å². The Bertz CT molecular complexity index is 964. The van der Waals surface area contributed by atoms with Crippen molar-refractivity contribution in [2.24, 2.45) is 0 Å². The zero-order valence-electron chi connectivity index (χ0n) is 14.5. The van der Waals surface area contributed by atoms with E-state index in [0.29, 0.717) is 26.8 Å². The molecule has 0 saturated carbocycles. The third kappa shape index (κ3) is 4.20. The molecule has 142 valence electrons. The molecule has 2 N–H and O–H groups in total. The van der Waals surface area contributed by atoms with Crippen LogP contribution in [0.25, 0.3) is 10.9 Å². The predicted octanol–water partition coefficient (Wildman–Crippen LogP) is 2.85. The number of benzene rings is 1. The van der Waals surface area contributed by atoms with Crippen LogP contribution in [0.15, 0.2) is 35.1 Å². The highest BCUT2D eigenvalue weighted by Crippen LogP contribution is 2.24. The van der Waals surface area contributed by atoms with Gasteiger partial charge in [-0.15, -0.1) is 0 Å². The number of hydrogen-bond acceptors (Lipinski definition) is 4. The molecular weight excluding hydrogens is 417 g/mol. The number of rotatable bonds is 5. The Kier molecular flexibility index (Phi) is 5.24. The minimum Gasteiger partial charge on any atom is -0.379 e. The summed E-state index contributed by atoms with van der Waals surface area (Å²) >= 11 is 3.25. The van der Waals surface area contributed by atoms with Crippen molar-refractivity contribution >= 4 is 38.4 Å². The summed E-state index contributed by atoms with van der Waals surface area (Å²) in [5, 5.41) is 7.45. The van der Waals surface area contributed by atoms with Crippen LogP contribution in [-0.4, -0.2) is 58.4 Å². The highest BCUT2D eigenvalue weighted by molar-refractivity contribution is 9.10. The third-order valence-corrected chi connectivity index (χ3v) is 4.99. The summed E-state index contributed by atoms with van der Waals surface area (Å²) in [7, 11) is 0. The maximum absolute atomic E-state index is 14.0. The second-order valence-electron chi connectivity index (χ2n) is 6.43. The van der Waals surface area contributed by atoms with Crippen molar-refractivity contribution in [1.82, 2.24) is 19.7 Å². The summed E-state index contributed by atoms with van der Waals surface area (Å²) in [6.45, 7) is 5.01. The summed E-state index contributed by atoms with van der Waals surface area (Å²) in [4.78, 5) is 17.7. The average Bonchev–Trinajstić information content (AvgIpc) is 3.28. The molecule has 0 spiro atoms. The van der Waals surface area contributed by atoms with Gasteiger partial charge in [0.25, 0.3) is 5.91 Å². The van der Waals surface area contributed by atoms with Gasteiger partial charge in [-0.25, -0.2) is 4.39 Å². The van der Waals surface area contributed by atoms with Crippen LogP contribution in [0.4, 0.5) is 10.1 Å². The molecule has 1 saturated heterocycles. The van der Waals surface area contributed by atoms with Gasteiger partial charge in [0.15, 0.2) is 0 Å². The number of aromatic amines is 1. The van der Waals surface area contributed by atoms with Crippen molar-refractivity contribution in [3.8, 4) is 0 Å². The number of halogens is 2. The van der Waals surface area contributed by atoms with Crippen LogP contribution in [0.2, 0.25) is 0 Å². The second kappa shape index (κ2) is 7.79. The van der Waals surface area contributed by atoms with Gasteiger partial charge in [-0.2, -0.15) is 5.10 Å². The summed E-state index contributed by atoms with van der Waals surface area (Å²) in [5.74, 6) is -0.722. The Labute approximate surface area is 163 Å². The highest BCUT2D eigenvalue weighted by Gasteiger charge is 2.14. The molecule has 3 aromatic rings. The number of fused-ring (bicyclic) bond motifs is 1. The molecule has 1 amide bonds. The largest absolute Gasteiger partial charge is 0.379 e. The van der Waals surface area contributed by atoms with E-state index in [9.17, 15) is 9.18 Å². The normalized spacial score (nSPS) is 15.3. The number of carbonyl (C=O) groups is 1. The lowest BCUT2D eigenvalue weighted by Crippen LogP contribution is -2.38. The van der Waals surface area contributed by atoms with E-state index in [1.165, 1.54) is 12.1 Å². The number of amides is 1. The molecule has 0 unspecified atom stereocenters. The number of morpholine rings is 1. The molecule has 27 heavy (non-hydrogen) atoms. The number of H-pyrrole nitrogens is 1. The standard InChI is InChI=1S/C18H19BrFN5O2/c19-12-7-15(20)14-9-17(23-16(14)8-12)18(26)22-13-10-21-25(11-13)2-1-24-3-5-27-6-4-24/h7-11,23H,1-6H2,(H,22,26). The number of hydrogen-bond donors (Lipinski definition) is 2. The van der Waals surface area contributed by atoms with E-state index >= 15 is 0 Å². The fraction of sp³-hybridized carbons (Fsp3) is 0.333. The number of anilines is 1. The van der Waals surface area contributed by atoms with Crippen LogP contribution in [-0.2, 0) is 11.3 Å². The van der Waals surface area contributed by atoms with E-state index in [4.69, 9.17) is 4.74 Å². The molecule has 0 bridgehead atoms. The molecular formula is C18H19BrFN5O2. The number of nitrogens with one attached hydrogen (secondary N) is 2. The third-order valence-electron chi connectivity index (χ3n) is 4.54. The maximum atomic E-state index is 14.0. The first-order chi connectivity index (χ1) is 13.1. The summed E-state index contributed by atoms with van der Waals surface area (Å²) in [6.07, 6.45) is 3.40. The predicted molar refractivity (Wildman–Crippen MR) is 103 cm³/mol. The molecule has 0 aliphatic carbocycles. The molecule has 1 aliphatic heterocycles. The zero-order valence-corrected chi connectivity index (χ0v) is 16.1. The van der Waals surface area contributed by atoms with E-state index in [-0.39, 0.29) is 11.7 Å². The van der Waals surface area contributed by atoms with Crippen molar-refractivity contribution in [2.75, 3.05) is 38.2 Å². The topological polar surface area (TPSA) is 75.2 Å². The van der Waals surface area contributed by atoms with Gasteiger partial charge in [-0.3, -0.25) is 14.4 Å². The van der Waals surface area contributed by atoms with E-state index in [1.54, 1.807) is 23.1 Å². The first-order valence-electron chi connectivity index (χ1n) is 8.70. The SMILES string of the molecule is O=C(Nc1cnn(CCN2CCOCC2)c1)c1cc2c(F)cc(Br)cc2[nH]1. The van der Waals surface area contributed by atoms with Gasteiger partial charge in [0, 0.05) is 35.7 Å². The highest BCUT2D eigenvalue weighted by atomic mass is 79.9. The van der Waals surface area contributed by atoms with E-state index in [1.807, 2.05) is 0 Å².